The van der Waals surface area contributed by atoms with Gasteiger partial charge in [-0.3, -0.25) is 14.6 Å². The molecule has 0 N–H and O–H groups in total. The van der Waals surface area contributed by atoms with Gasteiger partial charge in [-0.15, -0.1) is 0 Å². The molecule has 0 aliphatic carbocycles. The minimum Gasteiger partial charge on any atom is -0.293 e. The average molecular weight is 278 g/mol. The Morgan fingerprint density at radius 3 is 2.53 bits per heavy atom. The molecule has 1 heterocycles. The van der Waals surface area contributed by atoms with Gasteiger partial charge in [-0.05, 0) is 28.1 Å². The van der Waals surface area contributed by atoms with Gasteiger partial charge in [0.1, 0.15) is 5.69 Å². The number of hydrogen-bond donors (Lipinski definition) is 0. The van der Waals surface area contributed by atoms with Gasteiger partial charge in [0.25, 0.3) is 6.43 Å². The maximum absolute atomic E-state index is 11.8. The molecule has 0 saturated carbocycles. The molecular weight excluding hydrogens is 272 g/mol. The Kier molecular flexibility index (Phi) is 4.02. The molecule has 80 valence electrons. The molecule has 0 aromatic carbocycles. The number of rotatable bonds is 4. The van der Waals surface area contributed by atoms with Gasteiger partial charge in [-0.1, -0.05) is 0 Å². The third-order valence-electron chi connectivity index (χ3n) is 1.59. The lowest BCUT2D eigenvalue weighted by atomic mass is 10.1. The molecule has 6 heteroatoms. The lowest BCUT2D eigenvalue weighted by Gasteiger charge is -1.99. The Morgan fingerprint density at radius 1 is 1.40 bits per heavy atom. The Bertz CT molecular complexity index is 378. The van der Waals surface area contributed by atoms with E-state index in [1.165, 1.54) is 12.3 Å². The Balaban J connectivity index is 2.69. The summed E-state index contributed by atoms with van der Waals surface area (Å²) in [6.45, 7) is 0. The molecule has 0 bridgehead atoms. The van der Waals surface area contributed by atoms with Crippen molar-refractivity contribution in [3.63, 3.8) is 0 Å². The molecule has 1 rings (SSSR count). The maximum Gasteiger partial charge on any atom is 0.296 e. The molecule has 0 aliphatic rings. The number of halogens is 3. The minimum atomic E-state index is -3.11. The van der Waals surface area contributed by atoms with Crippen LogP contribution < -0.4 is 0 Å². The van der Waals surface area contributed by atoms with E-state index in [1.807, 2.05) is 0 Å². The standard InChI is InChI=1S/C9H6BrF2NO2/c10-5-1-2-6(13-4-5)7(14)3-8(15)9(11)12/h1-2,4,9H,3H2. The number of ketones is 2. The van der Waals surface area contributed by atoms with Crippen molar-refractivity contribution in [2.75, 3.05) is 0 Å². The van der Waals surface area contributed by atoms with Crippen molar-refractivity contribution in [3.8, 4) is 0 Å². The largest absolute Gasteiger partial charge is 0.296 e. The third-order valence-corrected chi connectivity index (χ3v) is 2.06. The van der Waals surface area contributed by atoms with Gasteiger partial charge in [0.05, 0.1) is 6.42 Å². The highest BCUT2D eigenvalue weighted by Crippen LogP contribution is 2.10. The van der Waals surface area contributed by atoms with E-state index in [1.54, 1.807) is 6.07 Å². The van der Waals surface area contributed by atoms with E-state index in [9.17, 15) is 18.4 Å². The SMILES string of the molecule is O=C(CC(=O)C(F)F)c1ccc(Br)cn1. The lowest BCUT2D eigenvalue weighted by Crippen LogP contribution is -2.16. The second-order valence-corrected chi connectivity index (χ2v) is 3.64. The van der Waals surface area contributed by atoms with Crippen molar-refractivity contribution in [3.05, 3.63) is 28.5 Å². The highest BCUT2D eigenvalue weighted by atomic mass is 79.9. The fourth-order valence-electron chi connectivity index (χ4n) is 0.867. The van der Waals surface area contributed by atoms with E-state index in [0.717, 1.165) is 0 Å². The fourth-order valence-corrected chi connectivity index (χ4v) is 1.10. The summed E-state index contributed by atoms with van der Waals surface area (Å²) in [6.07, 6.45) is -2.56. The number of nitrogens with zero attached hydrogens (tertiary/aromatic N) is 1. The van der Waals surface area contributed by atoms with Crippen LogP contribution in [-0.2, 0) is 4.79 Å². The molecule has 0 atom stereocenters. The van der Waals surface area contributed by atoms with Gasteiger partial charge < -0.3 is 0 Å². The third kappa shape index (κ3) is 3.47. The van der Waals surface area contributed by atoms with Gasteiger partial charge in [0, 0.05) is 10.7 Å². The zero-order chi connectivity index (χ0) is 11.4. The van der Waals surface area contributed by atoms with Gasteiger partial charge in [0.2, 0.25) is 5.78 Å². The first-order valence-corrected chi connectivity index (χ1v) is 4.75. The number of pyridine rings is 1. The molecule has 1 aromatic rings. The van der Waals surface area contributed by atoms with Crippen LogP contribution in [0.5, 0.6) is 0 Å². The van der Waals surface area contributed by atoms with Gasteiger partial charge in [-0.25, -0.2) is 8.78 Å². The summed E-state index contributed by atoms with van der Waals surface area (Å²) in [7, 11) is 0. The predicted octanol–water partition coefficient (Wildman–Crippen LogP) is 2.25. The summed E-state index contributed by atoms with van der Waals surface area (Å²) < 4.78 is 24.3. The Morgan fingerprint density at radius 2 is 2.07 bits per heavy atom. The summed E-state index contributed by atoms with van der Waals surface area (Å²) in [6, 6.07) is 2.91. The van der Waals surface area contributed by atoms with Crippen LogP contribution in [0.15, 0.2) is 22.8 Å². The number of carbonyl (C=O) groups excluding carboxylic acids is 2. The molecule has 0 unspecified atom stereocenters. The minimum absolute atomic E-state index is 0.00667. The first-order valence-electron chi connectivity index (χ1n) is 3.96. The summed E-state index contributed by atoms with van der Waals surface area (Å²) in [5.74, 6) is -2.09. The zero-order valence-electron chi connectivity index (χ0n) is 7.41. The van der Waals surface area contributed by atoms with Crippen molar-refractivity contribution in [2.45, 2.75) is 12.8 Å². The number of alkyl halides is 2. The number of aromatic nitrogens is 1. The smallest absolute Gasteiger partial charge is 0.293 e. The maximum atomic E-state index is 11.8. The van der Waals surface area contributed by atoms with Crippen LogP contribution in [0.25, 0.3) is 0 Å². The predicted molar refractivity (Wildman–Crippen MR) is 51.9 cm³/mol. The number of Topliss-reactive ketones (excluding diaryl/α,β-unsaturated/α-hetero) is 2. The molecule has 0 spiro atoms. The van der Waals surface area contributed by atoms with E-state index in [-0.39, 0.29) is 5.69 Å². The summed E-state index contributed by atoms with van der Waals surface area (Å²) >= 11 is 3.11. The van der Waals surface area contributed by atoms with Crippen molar-refractivity contribution >= 4 is 27.5 Å². The zero-order valence-corrected chi connectivity index (χ0v) is 9.00. The molecule has 0 aliphatic heterocycles. The highest BCUT2D eigenvalue weighted by Gasteiger charge is 2.20. The Hall–Kier alpha value is -1.17. The topological polar surface area (TPSA) is 47.0 Å². The second kappa shape index (κ2) is 5.06. The van der Waals surface area contributed by atoms with E-state index < -0.39 is 24.4 Å². The highest BCUT2D eigenvalue weighted by molar-refractivity contribution is 9.10. The molecule has 0 amide bonds. The quantitative estimate of drug-likeness (QED) is 0.627. The number of carbonyl (C=O) groups is 2. The normalized spacial score (nSPS) is 10.4. The lowest BCUT2D eigenvalue weighted by molar-refractivity contribution is -0.128. The van der Waals surface area contributed by atoms with Gasteiger partial charge in [-0.2, -0.15) is 0 Å². The Labute approximate surface area is 92.6 Å². The average Bonchev–Trinajstić information content (AvgIpc) is 2.18. The van der Waals surface area contributed by atoms with Crippen LogP contribution in [0.4, 0.5) is 8.78 Å². The van der Waals surface area contributed by atoms with Gasteiger partial charge >= 0.3 is 0 Å². The van der Waals surface area contributed by atoms with Crippen LogP contribution in [0.3, 0.4) is 0 Å². The number of hydrogen-bond acceptors (Lipinski definition) is 3. The summed E-state index contributed by atoms with van der Waals surface area (Å²) in [5, 5.41) is 0. The van der Waals surface area contributed by atoms with E-state index in [0.29, 0.717) is 4.47 Å². The fraction of sp³-hybridized carbons (Fsp3) is 0.222. The molecule has 1 aromatic heterocycles. The van der Waals surface area contributed by atoms with Crippen molar-refractivity contribution in [1.82, 2.24) is 4.98 Å². The van der Waals surface area contributed by atoms with E-state index >= 15 is 0 Å². The molecule has 0 fully saturated rings. The van der Waals surface area contributed by atoms with E-state index in [4.69, 9.17) is 0 Å². The molecule has 0 saturated heterocycles. The van der Waals surface area contributed by atoms with Crippen LogP contribution in [0.2, 0.25) is 0 Å². The van der Waals surface area contributed by atoms with Crippen molar-refractivity contribution < 1.29 is 18.4 Å². The molecule has 3 nitrogen and oxygen atoms in total. The van der Waals surface area contributed by atoms with Crippen molar-refractivity contribution in [1.29, 1.82) is 0 Å². The van der Waals surface area contributed by atoms with Gasteiger partial charge in [0.15, 0.2) is 5.78 Å². The first kappa shape index (κ1) is 11.9. The molecular formula is C9H6BrF2NO2. The molecule has 0 radical (unpaired) electrons. The van der Waals surface area contributed by atoms with Crippen LogP contribution in [0, 0.1) is 0 Å². The van der Waals surface area contributed by atoms with Crippen LogP contribution >= 0.6 is 15.9 Å². The van der Waals surface area contributed by atoms with Crippen molar-refractivity contribution in [2.24, 2.45) is 0 Å². The molecule has 15 heavy (non-hydrogen) atoms. The van der Waals surface area contributed by atoms with Crippen LogP contribution in [0.1, 0.15) is 16.9 Å². The summed E-state index contributed by atoms with van der Waals surface area (Å²) in [4.78, 5) is 25.5. The van der Waals surface area contributed by atoms with Crippen LogP contribution in [-0.4, -0.2) is 23.0 Å². The van der Waals surface area contributed by atoms with E-state index in [2.05, 4.69) is 20.9 Å². The summed E-state index contributed by atoms with van der Waals surface area (Å²) in [5.41, 5.74) is 0.00667. The first-order chi connectivity index (χ1) is 7.00. The second-order valence-electron chi connectivity index (χ2n) is 2.73. The monoisotopic (exact) mass is 277 g/mol.